The molecule has 8 heteroatoms. The van der Waals surface area contributed by atoms with Gasteiger partial charge in [0.1, 0.15) is 12.4 Å². The van der Waals surface area contributed by atoms with Crippen molar-refractivity contribution in [2.24, 2.45) is 4.99 Å². The van der Waals surface area contributed by atoms with Crippen LogP contribution in [0.1, 0.15) is 32.6 Å². The molecule has 1 fully saturated rings. The fraction of sp³-hybridized carbons (Fsp3) is 0.611. The minimum absolute atomic E-state index is 0. The summed E-state index contributed by atoms with van der Waals surface area (Å²) in [5.74, 6) is 2.37. The average molecular weight is 558 g/mol. The third-order valence-electron chi connectivity index (χ3n) is 4.31. The first kappa shape index (κ1) is 23.7. The predicted octanol–water partition coefficient (Wildman–Crippen LogP) is 3.69. The molecule has 148 valence electrons. The largest absolute Gasteiger partial charge is 0.492 e. The number of hydrogen-bond donors (Lipinski definition) is 2. The molecule has 2 N–H and O–H groups in total. The SMILES string of the molecule is CCS(=O)C1CCCC(NC(=NC)NCCOc2cccc(Br)c2)C1.I. The zero-order chi connectivity index (χ0) is 18.1. The number of rotatable bonds is 7. The highest BCUT2D eigenvalue weighted by molar-refractivity contribution is 14.0. The lowest BCUT2D eigenvalue weighted by molar-refractivity contribution is 0.321. The van der Waals surface area contributed by atoms with Gasteiger partial charge in [-0.05, 0) is 37.5 Å². The van der Waals surface area contributed by atoms with Crippen LogP contribution in [0.4, 0.5) is 0 Å². The number of aliphatic imine (C=N–C) groups is 1. The van der Waals surface area contributed by atoms with Crippen LogP contribution in [0.25, 0.3) is 0 Å². The predicted molar refractivity (Wildman–Crippen MR) is 124 cm³/mol. The summed E-state index contributed by atoms with van der Waals surface area (Å²) >= 11 is 3.43. The fourth-order valence-corrected chi connectivity index (χ4v) is 4.76. The summed E-state index contributed by atoms with van der Waals surface area (Å²) in [6.45, 7) is 3.23. The van der Waals surface area contributed by atoms with Crippen molar-refractivity contribution in [2.75, 3.05) is 26.0 Å². The molecule has 0 bridgehead atoms. The number of benzene rings is 1. The summed E-state index contributed by atoms with van der Waals surface area (Å²) in [7, 11) is 1.07. The fourth-order valence-electron chi connectivity index (χ4n) is 3.03. The van der Waals surface area contributed by atoms with Crippen molar-refractivity contribution in [3.05, 3.63) is 28.7 Å². The second kappa shape index (κ2) is 12.9. The number of guanidine groups is 1. The number of hydrogen-bond acceptors (Lipinski definition) is 3. The first-order chi connectivity index (χ1) is 12.1. The monoisotopic (exact) mass is 557 g/mol. The Kier molecular flexibility index (Phi) is 11.8. The van der Waals surface area contributed by atoms with E-state index in [1.807, 2.05) is 31.2 Å². The average Bonchev–Trinajstić information content (AvgIpc) is 2.63. The second-order valence-corrected chi connectivity index (χ2v) is 9.03. The number of ether oxygens (including phenoxy) is 1. The van der Waals surface area contributed by atoms with Crippen LogP contribution in [0.3, 0.4) is 0 Å². The summed E-state index contributed by atoms with van der Waals surface area (Å²) in [4.78, 5) is 4.29. The van der Waals surface area contributed by atoms with Crippen molar-refractivity contribution < 1.29 is 8.95 Å². The van der Waals surface area contributed by atoms with Crippen molar-refractivity contribution >= 4 is 56.7 Å². The lowest BCUT2D eigenvalue weighted by atomic mass is 9.95. The maximum absolute atomic E-state index is 12.1. The van der Waals surface area contributed by atoms with E-state index in [1.54, 1.807) is 7.05 Å². The van der Waals surface area contributed by atoms with Gasteiger partial charge in [-0.15, -0.1) is 24.0 Å². The van der Waals surface area contributed by atoms with E-state index in [0.717, 1.165) is 47.6 Å². The normalized spacial score (nSPS) is 21.4. The first-order valence-electron chi connectivity index (χ1n) is 8.85. The van der Waals surface area contributed by atoms with Crippen molar-refractivity contribution in [1.29, 1.82) is 0 Å². The summed E-state index contributed by atoms with van der Waals surface area (Å²) in [6.07, 6.45) is 4.25. The van der Waals surface area contributed by atoms with E-state index in [1.165, 1.54) is 0 Å². The summed E-state index contributed by atoms with van der Waals surface area (Å²) in [5, 5.41) is 7.06. The molecule has 3 atom stereocenters. The number of nitrogens with zero attached hydrogens (tertiary/aromatic N) is 1. The maximum Gasteiger partial charge on any atom is 0.191 e. The van der Waals surface area contributed by atoms with Gasteiger partial charge >= 0.3 is 0 Å². The zero-order valence-electron chi connectivity index (χ0n) is 15.4. The van der Waals surface area contributed by atoms with Crippen LogP contribution in [0.15, 0.2) is 33.7 Å². The van der Waals surface area contributed by atoms with Gasteiger partial charge in [0.25, 0.3) is 0 Å². The molecule has 0 saturated heterocycles. The standard InChI is InChI=1S/C18H28BrN3O2S.HI/c1-3-25(23)17-9-5-7-15(13-17)22-18(20-2)21-10-11-24-16-8-4-6-14(19)12-16;/h4,6,8,12,15,17H,3,5,7,9-11,13H2,1-2H3,(H2,20,21,22);1H. The summed E-state index contributed by atoms with van der Waals surface area (Å²) < 4.78 is 18.8. The molecule has 1 aliphatic rings. The summed E-state index contributed by atoms with van der Waals surface area (Å²) in [5.41, 5.74) is 0. The van der Waals surface area contributed by atoms with Gasteiger partial charge in [-0.25, -0.2) is 0 Å². The van der Waals surface area contributed by atoms with Crippen molar-refractivity contribution in [3.8, 4) is 5.75 Å². The lowest BCUT2D eigenvalue weighted by Gasteiger charge is -2.30. The number of halogens is 2. The Bertz CT molecular complexity index is 604. The molecular weight excluding hydrogens is 529 g/mol. The lowest BCUT2D eigenvalue weighted by Crippen LogP contribution is -2.47. The van der Waals surface area contributed by atoms with Crippen molar-refractivity contribution in [2.45, 2.75) is 43.9 Å². The molecule has 0 aliphatic heterocycles. The Balaban J connectivity index is 0.00000338. The molecular formula is C18H29BrIN3O2S. The highest BCUT2D eigenvalue weighted by atomic mass is 127. The minimum atomic E-state index is -0.705. The third kappa shape index (κ3) is 8.12. The Morgan fingerprint density at radius 3 is 2.92 bits per heavy atom. The smallest absolute Gasteiger partial charge is 0.191 e. The maximum atomic E-state index is 12.1. The van der Waals surface area contributed by atoms with E-state index < -0.39 is 10.8 Å². The zero-order valence-corrected chi connectivity index (χ0v) is 20.1. The van der Waals surface area contributed by atoms with E-state index in [4.69, 9.17) is 4.74 Å². The molecule has 1 aromatic rings. The molecule has 0 aromatic heterocycles. The molecule has 0 spiro atoms. The van der Waals surface area contributed by atoms with E-state index in [0.29, 0.717) is 24.4 Å². The van der Waals surface area contributed by atoms with Gasteiger partial charge in [-0.3, -0.25) is 9.20 Å². The van der Waals surface area contributed by atoms with Gasteiger partial charge in [0.2, 0.25) is 0 Å². The first-order valence-corrected chi connectivity index (χ1v) is 11.0. The van der Waals surface area contributed by atoms with Gasteiger partial charge < -0.3 is 15.4 Å². The third-order valence-corrected chi connectivity index (χ3v) is 6.54. The topological polar surface area (TPSA) is 62.7 Å². The van der Waals surface area contributed by atoms with Crippen LogP contribution < -0.4 is 15.4 Å². The molecule has 1 aliphatic carbocycles. The quantitative estimate of drug-likeness (QED) is 0.232. The molecule has 1 aromatic carbocycles. The highest BCUT2D eigenvalue weighted by Crippen LogP contribution is 2.23. The van der Waals surface area contributed by atoms with Gasteiger partial charge in [-0.2, -0.15) is 0 Å². The molecule has 3 unspecified atom stereocenters. The Morgan fingerprint density at radius 1 is 1.42 bits per heavy atom. The van der Waals surface area contributed by atoms with Crippen molar-refractivity contribution in [1.82, 2.24) is 10.6 Å². The Morgan fingerprint density at radius 2 is 2.23 bits per heavy atom. The molecule has 0 amide bonds. The van der Waals surface area contributed by atoms with E-state index in [-0.39, 0.29) is 24.0 Å². The van der Waals surface area contributed by atoms with Crippen LogP contribution in [0, 0.1) is 0 Å². The van der Waals surface area contributed by atoms with Crippen LogP contribution in [-0.2, 0) is 10.8 Å². The molecule has 5 nitrogen and oxygen atoms in total. The van der Waals surface area contributed by atoms with Crippen LogP contribution in [-0.4, -0.2) is 47.4 Å². The Labute approximate surface area is 184 Å². The van der Waals surface area contributed by atoms with E-state index in [9.17, 15) is 4.21 Å². The van der Waals surface area contributed by atoms with Gasteiger partial charge in [-0.1, -0.05) is 35.3 Å². The Hall–Kier alpha value is -0.350. The molecule has 26 heavy (non-hydrogen) atoms. The van der Waals surface area contributed by atoms with Gasteiger partial charge in [0.05, 0.1) is 6.54 Å². The van der Waals surface area contributed by atoms with Crippen LogP contribution >= 0.6 is 39.9 Å². The molecule has 1 saturated carbocycles. The number of nitrogens with one attached hydrogen (secondary N) is 2. The van der Waals surface area contributed by atoms with Gasteiger partial charge in [0.15, 0.2) is 5.96 Å². The van der Waals surface area contributed by atoms with E-state index >= 15 is 0 Å². The van der Waals surface area contributed by atoms with E-state index in [2.05, 4.69) is 31.6 Å². The highest BCUT2D eigenvalue weighted by Gasteiger charge is 2.25. The van der Waals surface area contributed by atoms with Gasteiger partial charge in [0, 0.05) is 39.4 Å². The molecule has 0 radical (unpaired) electrons. The van der Waals surface area contributed by atoms with Crippen LogP contribution in [0.2, 0.25) is 0 Å². The molecule has 2 rings (SSSR count). The summed E-state index contributed by atoms with van der Waals surface area (Å²) in [6, 6.07) is 8.15. The minimum Gasteiger partial charge on any atom is -0.492 e. The second-order valence-electron chi connectivity index (χ2n) is 6.10. The van der Waals surface area contributed by atoms with Crippen LogP contribution in [0.5, 0.6) is 5.75 Å². The van der Waals surface area contributed by atoms with Crippen molar-refractivity contribution in [3.63, 3.8) is 0 Å². The molecule has 0 heterocycles.